The average molecular weight is 327 g/mol. The van der Waals surface area contributed by atoms with E-state index in [4.69, 9.17) is 5.11 Å². The monoisotopic (exact) mass is 327 g/mol. The molecule has 2 aromatic rings. The summed E-state index contributed by atoms with van der Waals surface area (Å²) in [7, 11) is -4.00. The molecule has 0 fully saturated rings. The minimum atomic E-state index is -4.00. The van der Waals surface area contributed by atoms with E-state index < -0.39 is 20.7 Å². The molecule has 0 radical (unpaired) electrons. The number of nitrogens with one attached hydrogen (secondary N) is 1. The number of benzene rings is 2. The summed E-state index contributed by atoms with van der Waals surface area (Å²) in [4.78, 5) is 0.546. The third-order valence-corrected chi connectivity index (χ3v) is 4.97. The summed E-state index contributed by atoms with van der Waals surface area (Å²) in [6, 6.07) is 10.3. The third-order valence-electron chi connectivity index (χ3n) is 2.81. The molecule has 0 saturated heterocycles. The number of sulfonamides is 1. The van der Waals surface area contributed by atoms with Gasteiger partial charge in [-0.3, -0.25) is 4.72 Å². The van der Waals surface area contributed by atoms with Crippen LogP contribution in [-0.4, -0.2) is 19.8 Å². The Balaban J connectivity index is 2.29. The van der Waals surface area contributed by atoms with Gasteiger partial charge in [-0.25, -0.2) is 12.8 Å². The molecule has 2 rings (SSSR count). The third kappa shape index (κ3) is 3.75. The summed E-state index contributed by atoms with van der Waals surface area (Å²) in [6.45, 7) is -0.346. The maximum atomic E-state index is 13.8. The highest BCUT2D eigenvalue weighted by Crippen LogP contribution is 2.22. The van der Waals surface area contributed by atoms with Crippen LogP contribution in [0, 0.1) is 5.82 Å². The molecule has 0 aliphatic carbocycles. The van der Waals surface area contributed by atoms with Crippen molar-refractivity contribution >= 4 is 27.5 Å². The number of rotatable bonds is 5. The van der Waals surface area contributed by atoms with E-state index in [2.05, 4.69) is 4.72 Å². The lowest BCUT2D eigenvalue weighted by Crippen LogP contribution is -2.14. The van der Waals surface area contributed by atoms with Crippen LogP contribution < -0.4 is 4.72 Å². The Morgan fingerprint density at radius 2 is 1.86 bits per heavy atom. The molecule has 0 bridgehead atoms. The first-order valence-electron chi connectivity index (χ1n) is 6.02. The van der Waals surface area contributed by atoms with Crippen LogP contribution in [0.3, 0.4) is 0 Å². The predicted octanol–water partition coefficient (Wildman–Crippen LogP) is 2.84. The zero-order valence-corrected chi connectivity index (χ0v) is 12.8. The predicted molar refractivity (Wildman–Crippen MR) is 81.4 cm³/mol. The maximum absolute atomic E-state index is 13.8. The first kappa shape index (κ1) is 15.8. The normalized spacial score (nSPS) is 11.4. The lowest BCUT2D eigenvalue weighted by atomic mass is 10.2. The van der Waals surface area contributed by atoms with Gasteiger partial charge in [0.15, 0.2) is 0 Å². The lowest BCUT2D eigenvalue weighted by Gasteiger charge is -2.10. The highest BCUT2D eigenvalue weighted by molar-refractivity contribution is 7.98. The maximum Gasteiger partial charge on any atom is 0.264 e. The van der Waals surface area contributed by atoms with E-state index in [1.807, 2.05) is 6.26 Å². The standard InChI is InChI=1S/C14H14FNO3S2/c1-20-12-5-3-11(4-6-12)16-21(18,19)14-7-2-10(9-17)8-13(14)15/h2-8,16-17H,9H2,1H3. The number of hydrogen-bond donors (Lipinski definition) is 2. The Labute approximate surface area is 127 Å². The minimum absolute atomic E-state index is 0.316. The molecule has 0 spiro atoms. The smallest absolute Gasteiger partial charge is 0.264 e. The van der Waals surface area contributed by atoms with Crippen LogP contribution in [-0.2, 0) is 16.6 Å². The number of thioether (sulfide) groups is 1. The van der Waals surface area contributed by atoms with Gasteiger partial charge in [-0.15, -0.1) is 11.8 Å². The summed E-state index contributed by atoms with van der Waals surface area (Å²) in [6.07, 6.45) is 1.91. The molecule has 2 aromatic carbocycles. The van der Waals surface area contributed by atoms with E-state index in [9.17, 15) is 12.8 Å². The van der Waals surface area contributed by atoms with Gasteiger partial charge in [-0.05, 0) is 48.2 Å². The molecular formula is C14H14FNO3S2. The van der Waals surface area contributed by atoms with E-state index in [0.29, 0.717) is 11.3 Å². The van der Waals surface area contributed by atoms with E-state index in [-0.39, 0.29) is 6.61 Å². The quantitative estimate of drug-likeness (QED) is 0.829. The number of aliphatic hydroxyl groups excluding tert-OH is 1. The van der Waals surface area contributed by atoms with Crippen molar-refractivity contribution in [2.75, 3.05) is 11.0 Å². The van der Waals surface area contributed by atoms with Gasteiger partial charge in [-0.2, -0.15) is 0 Å². The first-order chi connectivity index (χ1) is 9.96. The molecule has 0 saturated carbocycles. The molecule has 0 aliphatic heterocycles. The highest BCUT2D eigenvalue weighted by atomic mass is 32.2. The molecule has 7 heteroatoms. The second-order valence-electron chi connectivity index (χ2n) is 4.26. The molecule has 21 heavy (non-hydrogen) atoms. The van der Waals surface area contributed by atoms with Crippen LogP contribution in [0.2, 0.25) is 0 Å². The van der Waals surface area contributed by atoms with Gasteiger partial charge < -0.3 is 5.11 Å². The molecule has 2 N–H and O–H groups in total. The van der Waals surface area contributed by atoms with Crippen molar-refractivity contribution in [1.82, 2.24) is 0 Å². The van der Waals surface area contributed by atoms with Gasteiger partial charge in [0.2, 0.25) is 0 Å². The van der Waals surface area contributed by atoms with Crippen molar-refractivity contribution in [3.8, 4) is 0 Å². The molecule has 112 valence electrons. The van der Waals surface area contributed by atoms with Gasteiger partial charge in [0.05, 0.1) is 6.61 Å². The summed E-state index contributed by atoms with van der Waals surface area (Å²) in [5, 5.41) is 8.91. The fourth-order valence-corrected chi connectivity index (χ4v) is 3.26. The molecule has 4 nitrogen and oxygen atoms in total. The Kier molecular flexibility index (Phi) is 4.87. The van der Waals surface area contributed by atoms with Gasteiger partial charge in [0.25, 0.3) is 10.0 Å². The van der Waals surface area contributed by atoms with E-state index >= 15 is 0 Å². The fourth-order valence-electron chi connectivity index (χ4n) is 1.73. The van der Waals surface area contributed by atoms with E-state index in [1.54, 1.807) is 24.3 Å². The van der Waals surface area contributed by atoms with E-state index in [0.717, 1.165) is 17.0 Å². The Morgan fingerprint density at radius 1 is 1.19 bits per heavy atom. The Bertz CT molecular complexity index is 730. The molecule has 0 atom stereocenters. The highest BCUT2D eigenvalue weighted by Gasteiger charge is 2.19. The van der Waals surface area contributed by atoms with Crippen LogP contribution in [0.4, 0.5) is 10.1 Å². The molecule has 0 amide bonds. The zero-order chi connectivity index (χ0) is 15.5. The number of aliphatic hydroxyl groups is 1. The zero-order valence-electron chi connectivity index (χ0n) is 11.2. The summed E-state index contributed by atoms with van der Waals surface area (Å²) in [5.74, 6) is -0.894. The van der Waals surface area contributed by atoms with Crippen molar-refractivity contribution in [2.45, 2.75) is 16.4 Å². The van der Waals surface area contributed by atoms with Crippen molar-refractivity contribution in [2.24, 2.45) is 0 Å². The largest absolute Gasteiger partial charge is 0.392 e. The van der Waals surface area contributed by atoms with Gasteiger partial charge in [0, 0.05) is 10.6 Å². The summed E-state index contributed by atoms with van der Waals surface area (Å²) >= 11 is 1.54. The van der Waals surface area contributed by atoms with Crippen molar-refractivity contribution < 1.29 is 17.9 Å². The first-order valence-corrected chi connectivity index (χ1v) is 8.73. The van der Waals surface area contributed by atoms with E-state index in [1.165, 1.54) is 17.8 Å². The van der Waals surface area contributed by atoms with Crippen molar-refractivity contribution in [3.63, 3.8) is 0 Å². The molecule has 0 aliphatic rings. The van der Waals surface area contributed by atoms with Gasteiger partial charge in [-0.1, -0.05) is 6.07 Å². The Morgan fingerprint density at radius 3 is 2.38 bits per heavy atom. The average Bonchev–Trinajstić information content (AvgIpc) is 2.47. The topological polar surface area (TPSA) is 66.4 Å². The van der Waals surface area contributed by atoms with Crippen molar-refractivity contribution in [1.29, 1.82) is 0 Å². The number of halogens is 1. The van der Waals surface area contributed by atoms with Gasteiger partial charge in [0.1, 0.15) is 10.7 Å². The van der Waals surface area contributed by atoms with Crippen LogP contribution in [0.15, 0.2) is 52.3 Å². The number of anilines is 1. The van der Waals surface area contributed by atoms with Crippen LogP contribution in [0.1, 0.15) is 5.56 Å². The fraction of sp³-hybridized carbons (Fsp3) is 0.143. The SMILES string of the molecule is CSc1ccc(NS(=O)(=O)c2ccc(CO)cc2F)cc1. The second-order valence-corrected chi connectivity index (χ2v) is 6.79. The molecule has 0 unspecified atom stereocenters. The second kappa shape index (κ2) is 6.46. The number of hydrogen-bond acceptors (Lipinski definition) is 4. The van der Waals surface area contributed by atoms with Crippen LogP contribution in [0.5, 0.6) is 0 Å². The molecule has 0 aromatic heterocycles. The minimum Gasteiger partial charge on any atom is -0.392 e. The molecular weight excluding hydrogens is 313 g/mol. The van der Waals surface area contributed by atoms with Crippen LogP contribution in [0.25, 0.3) is 0 Å². The van der Waals surface area contributed by atoms with Gasteiger partial charge >= 0.3 is 0 Å². The summed E-state index contributed by atoms with van der Waals surface area (Å²) in [5.41, 5.74) is 0.675. The van der Waals surface area contributed by atoms with Crippen molar-refractivity contribution in [3.05, 3.63) is 53.8 Å². The lowest BCUT2D eigenvalue weighted by molar-refractivity contribution is 0.281. The molecule has 0 heterocycles. The van der Waals surface area contributed by atoms with Crippen LogP contribution >= 0.6 is 11.8 Å². The summed E-state index contributed by atoms with van der Waals surface area (Å²) < 4.78 is 40.5. The Hall–Kier alpha value is -1.57.